The van der Waals surface area contributed by atoms with E-state index in [0.717, 1.165) is 31.7 Å². The van der Waals surface area contributed by atoms with Crippen LogP contribution in [0.25, 0.3) is 6.08 Å². The van der Waals surface area contributed by atoms with Crippen molar-refractivity contribution in [2.24, 2.45) is 0 Å². The van der Waals surface area contributed by atoms with Crippen LogP contribution >= 0.6 is 11.6 Å². The van der Waals surface area contributed by atoms with Gasteiger partial charge in [0, 0.05) is 37.4 Å². The van der Waals surface area contributed by atoms with Crippen LogP contribution in [0, 0.1) is 0 Å². The topological polar surface area (TPSA) is 44.4 Å². The zero-order valence-electron chi connectivity index (χ0n) is 10.0. The second kappa shape index (κ2) is 6.42. The van der Waals surface area contributed by atoms with E-state index in [-0.39, 0.29) is 6.03 Å². The van der Waals surface area contributed by atoms with Crippen LogP contribution in [-0.4, -0.2) is 37.1 Å². The Hall–Kier alpha value is -1.52. The van der Waals surface area contributed by atoms with Gasteiger partial charge in [0.2, 0.25) is 0 Å². The Morgan fingerprint density at radius 1 is 1.39 bits per heavy atom. The molecule has 1 aliphatic heterocycles. The monoisotopic (exact) mass is 265 g/mol. The van der Waals surface area contributed by atoms with E-state index in [1.807, 2.05) is 30.3 Å². The molecule has 0 aliphatic carbocycles. The summed E-state index contributed by atoms with van der Waals surface area (Å²) in [6.45, 7) is 3.20. The zero-order chi connectivity index (χ0) is 12.8. The molecule has 0 bridgehead atoms. The van der Waals surface area contributed by atoms with Crippen molar-refractivity contribution in [2.45, 2.75) is 0 Å². The van der Waals surface area contributed by atoms with Crippen LogP contribution < -0.4 is 10.6 Å². The molecule has 96 valence electrons. The van der Waals surface area contributed by atoms with E-state index in [1.165, 1.54) is 0 Å². The summed E-state index contributed by atoms with van der Waals surface area (Å²) in [5, 5.41) is 6.65. The Kier molecular flexibility index (Phi) is 4.61. The number of nitrogens with one attached hydrogen (secondary N) is 2. The molecule has 2 amide bonds. The van der Waals surface area contributed by atoms with Crippen LogP contribution in [0.4, 0.5) is 4.79 Å². The van der Waals surface area contributed by atoms with Crippen LogP contribution in [0.2, 0.25) is 5.02 Å². The molecule has 0 saturated carbocycles. The highest BCUT2D eigenvalue weighted by Gasteiger charge is 2.14. The molecule has 0 aromatic heterocycles. The maximum atomic E-state index is 11.8. The molecule has 18 heavy (non-hydrogen) atoms. The fourth-order valence-corrected chi connectivity index (χ4v) is 1.98. The second-order valence-electron chi connectivity index (χ2n) is 4.07. The van der Waals surface area contributed by atoms with E-state index in [4.69, 9.17) is 11.6 Å². The minimum absolute atomic E-state index is 0.0604. The standard InChI is InChI=1S/C13H16ClN3O/c14-12-3-1-2-11(10-12)4-5-16-13(18)17-8-6-15-7-9-17/h1-5,10,15H,6-9H2,(H,16,18)/b5-4+. The highest BCUT2D eigenvalue weighted by atomic mass is 35.5. The first-order chi connectivity index (χ1) is 8.75. The van der Waals surface area contributed by atoms with Gasteiger partial charge in [-0.05, 0) is 23.8 Å². The Morgan fingerprint density at radius 3 is 2.89 bits per heavy atom. The molecule has 0 atom stereocenters. The first-order valence-corrected chi connectivity index (χ1v) is 6.32. The Bertz CT molecular complexity index is 442. The summed E-state index contributed by atoms with van der Waals surface area (Å²) < 4.78 is 0. The average molecular weight is 266 g/mol. The lowest BCUT2D eigenvalue weighted by Gasteiger charge is -2.26. The number of hydrogen-bond acceptors (Lipinski definition) is 2. The third-order valence-corrected chi connectivity index (χ3v) is 2.97. The molecule has 1 fully saturated rings. The quantitative estimate of drug-likeness (QED) is 0.858. The van der Waals surface area contributed by atoms with Crippen LogP contribution in [0.5, 0.6) is 0 Å². The van der Waals surface area contributed by atoms with Crippen molar-refractivity contribution in [3.63, 3.8) is 0 Å². The molecule has 2 rings (SSSR count). The van der Waals surface area contributed by atoms with Crippen LogP contribution in [0.3, 0.4) is 0 Å². The molecule has 1 saturated heterocycles. The number of rotatable bonds is 2. The maximum Gasteiger partial charge on any atom is 0.321 e. The Labute approximate surface area is 112 Å². The maximum absolute atomic E-state index is 11.8. The predicted octanol–water partition coefficient (Wildman–Crippen LogP) is 1.93. The number of benzene rings is 1. The van der Waals surface area contributed by atoms with E-state index in [2.05, 4.69) is 10.6 Å². The minimum atomic E-state index is -0.0604. The van der Waals surface area contributed by atoms with E-state index < -0.39 is 0 Å². The number of carbonyl (C=O) groups excluding carboxylic acids is 1. The summed E-state index contributed by atoms with van der Waals surface area (Å²) in [7, 11) is 0. The van der Waals surface area contributed by atoms with Gasteiger partial charge in [-0.15, -0.1) is 0 Å². The lowest BCUT2D eigenvalue weighted by Crippen LogP contribution is -2.49. The van der Waals surface area contributed by atoms with Crippen LogP contribution in [0.1, 0.15) is 5.56 Å². The fourth-order valence-electron chi connectivity index (χ4n) is 1.78. The summed E-state index contributed by atoms with van der Waals surface area (Å²) >= 11 is 5.87. The van der Waals surface area contributed by atoms with Crippen molar-refractivity contribution >= 4 is 23.7 Å². The SMILES string of the molecule is O=C(N/C=C/c1cccc(Cl)c1)N1CCNCC1. The lowest BCUT2D eigenvalue weighted by atomic mass is 10.2. The molecule has 2 N–H and O–H groups in total. The van der Waals surface area contributed by atoms with E-state index in [9.17, 15) is 4.79 Å². The fraction of sp³-hybridized carbons (Fsp3) is 0.308. The molecule has 5 heteroatoms. The minimum Gasteiger partial charge on any atom is -0.322 e. The number of halogens is 1. The van der Waals surface area contributed by atoms with Crippen LogP contribution in [-0.2, 0) is 0 Å². The summed E-state index contributed by atoms with van der Waals surface area (Å²) in [6, 6.07) is 7.40. The molecule has 1 heterocycles. The van der Waals surface area contributed by atoms with Gasteiger partial charge in [0.15, 0.2) is 0 Å². The molecule has 4 nitrogen and oxygen atoms in total. The molecule has 0 unspecified atom stereocenters. The van der Waals surface area contributed by atoms with Gasteiger partial charge in [0.1, 0.15) is 0 Å². The molecule has 0 radical (unpaired) electrons. The van der Waals surface area contributed by atoms with Gasteiger partial charge >= 0.3 is 6.03 Å². The number of urea groups is 1. The van der Waals surface area contributed by atoms with E-state index in [1.54, 1.807) is 11.1 Å². The summed E-state index contributed by atoms with van der Waals surface area (Å²) in [4.78, 5) is 13.6. The van der Waals surface area contributed by atoms with Gasteiger partial charge in [-0.1, -0.05) is 23.7 Å². The van der Waals surface area contributed by atoms with Gasteiger partial charge < -0.3 is 15.5 Å². The van der Waals surface area contributed by atoms with Gasteiger partial charge in [0.05, 0.1) is 0 Å². The number of nitrogens with zero attached hydrogens (tertiary/aromatic N) is 1. The van der Waals surface area contributed by atoms with Crippen molar-refractivity contribution in [1.29, 1.82) is 0 Å². The van der Waals surface area contributed by atoms with Crippen LogP contribution in [0.15, 0.2) is 30.5 Å². The third-order valence-electron chi connectivity index (χ3n) is 2.74. The van der Waals surface area contributed by atoms with Crippen molar-refractivity contribution in [3.05, 3.63) is 41.1 Å². The third kappa shape index (κ3) is 3.75. The predicted molar refractivity (Wildman–Crippen MR) is 73.5 cm³/mol. The highest BCUT2D eigenvalue weighted by molar-refractivity contribution is 6.30. The van der Waals surface area contributed by atoms with Gasteiger partial charge in [-0.2, -0.15) is 0 Å². The van der Waals surface area contributed by atoms with Crippen molar-refractivity contribution in [2.75, 3.05) is 26.2 Å². The average Bonchev–Trinajstić information content (AvgIpc) is 2.40. The zero-order valence-corrected chi connectivity index (χ0v) is 10.8. The summed E-state index contributed by atoms with van der Waals surface area (Å²) in [6.07, 6.45) is 3.47. The van der Waals surface area contributed by atoms with Crippen molar-refractivity contribution in [1.82, 2.24) is 15.5 Å². The van der Waals surface area contributed by atoms with Crippen molar-refractivity contribution in [3.8, 4) is 0 Å². The number of amides is 2. The van der Waals surface area contributed by atoms with E-state index in [0.29, 0.717) is 5.02 Å². The van der Waals surface area contributed by atoms with Gasteiger partial charge in [-0.25, -0.2) is 4.79 Å². The number of piperazine rings is 1. The summed E-state index contributed by atoms with van der Waals surface area (Å²) in [5.41, 5.74) is 0.961. The smallest absolute Gasteiger partial charge is 0.321 e. The highest BCUT2D eigenvalue weighted by Crippen LogP contribution is 2.11. The Morgan fingerprint density at radius 2 is 2.17 bits per heavy atom. The second-order valence-corrected chi connectivity index (χ2v) is 4.51. The van der Waals surface area contributed by atoms with Gasteiger partial charge in [0.25, 0.3) is 0 Å². The first-order valence-electron chi connectivity index (χ1n) is 5.94. The summed E-state index contributed by atoms with van der Waals surface area (Å²) in [5.74, 6) is 0. The molecular weight excluding hydrogens is 250 g/mol. The molecule has 1 aliphatic rings. The number of carbonyl (C=O) groups is 1. The van der Waals surface area contributed by atoms with Crippen molar-refractivity contribution < 1.29 is 4.79 Å². The van der Waals surface area contributed by atoms with Gasteiger partial charge in [-0.3, -0.25) is 0 Å². The molecular formula is C13H16ClN3O. The molecule has 0 spiro atoms. The van der Waals surface area contributed by atoms with E-state index >= 15 is 0 Å². The Balaban J connectivity index is 1.85. The number of hydrogen-bond donors (Lipinski definition) is 2. The lowest BCUT2D eigenvalue weighted by molar-refractivity contribution is 0.194. The largest absolute Gasteiger partial charge is 0.322 e. The molecule has 1 aromatic rings. The normalized spacial score (nSPS) is 15.9. The molecule has 1 aromatic carbocycles. The first kappa shape index (κ1) is 12.9.